The van der Waals surface area contributed by atoms with Gasteiger partial charge >= 0.3 is 0 Å². The lowest BCUT2D eigenvalue weighted by Gasteiger charge is -2.28. The van der Waals surface area contributed by atoms with Gasteiger partial charge in [-0.2, -0.15) is 0 Å². The van der Waals surface area contributed by atoms with Crippen molar-refractivity contribution in [3.8, 4) is 0 Å². The average Bonchev–Trinajstić information content (AvgIpc) is 2.88. The summed E-state index contributed by atoms with van der Waals surface area (Å²) in [5.74, 6) is 1.36. The standard InChI is InChI=1S/C13H24N2O/c1-13(2)8-11(13)12(16)15(3)9-10-4-6-14-7-5-10/h10-11,14H,4-9H2,1-3H3. The van der Waals surface area contributed by atoms with Crippen molar-refractivity contribution in [2.75, 3.05) is 26.7 Å². The number of piperidine rings is 1. The molecule has 0 aromatic carbocycles. The summed E-state index contributed by atoms with van der Waals surface area (Å²) in [6.45, 7) is 7.55. The van der Waals surface area contributed by atoms with Crippen LogP contribution in [0, 0.1) is 17.3 Å². The molecule has 1 saturated heterocycles. The molecule has 1 saturated carbocycles. The van der Waals surface area contributed by atoms with E-state index in [1.54, 1.807) is 0 Å². The quantitative estimate of drug-likeness (QED) is 0.788. The minimum atomic E-state index is 0.263. The van der Waals surface area contributed by atoms with E-state index < -0.39 is 0 Å². The Hall–Kier alpha value is -0.570. The third kappa shape index (κ3) is 2.57. The number of carbonyl (C=O) groups is 1. The van der Waals surface area contributed by atoms with Gasteiger partial charge in [0.15, 0.2) is 0 Å². The normalized spacial score (nSPS) is 28.8. The second-order valence-electron chi connectivity index (χ2n) is 6.16. The van der Waals surface area contributed by atoms with Gasteiger partial charge in [0.1, 0.15) is 0 Å². The Balaban J connectivity index is 1.79. The Morgan fingerprint density at radius 3 is 2.44 bits per heavy atom. The molecule has 1 N–H and O–H groups in total. The van der Waals surface area contributed by atoms with Crippen LogP contribution in [0.1, 0.15) is 33.1 Å². The summed E-state index contributed by atoms with van der Waals surface area (Å²) in [6.07, 6.45) is 3.50. The van der Waals surface area contributed by atoms with Crippen molar-refractivity contribution < 1.29 is 4.79 Å². The molecule has 1 amide bonds. The fourth-order valence-corrected chi connectivity index (χ4v) is 2.70. The Morgan fingerprint density at radius 2 is 1.94 bits per heavy atom. The highest BCUT2D eigenvalue weighted by Gasteiger charge is 2.51. The molecule has 2 fully saturated rings. The molecule has 0 bridgehead atoms. The van der Waals surface area contributed by atoms with E-state index in [4.69, 9.17) is 0 Å². The summed E-state index contributed by atoms with van der Waals surface area (Å²) < 4.78 is 0. The van der Waals surface area contributed by atoms with E-state index in [9.17, 15) is 4.79 Å². The zero-order valence-corrected chi connectivity index (χ0v) is 10.8. The predicted molar refractivity (Wildman–Crippen MR) is 65.1 cm³/mol. The van der Waals surface area contributed by atoms with Crippen molar-refractivity contribution in [2.24, 2.45) is 17.3 Å². The van der Waals surface area contributed by atoms with Gasteiger partial charge in [0.2, 0.25) is 5.91 Å². The lowest BCUT2D eigenvalue weighted by molar-refractivity contribution is -0.132. The molecule has 1 aliphatic heterocycles. The van der Waals surface area contributed by atoms with Crippen LogP contribution in [0.5, 0.6) is 0 Å². The van der Waals surface area contributed by atoms with Gasteiger partial charge in [-0.3, -0.25) is 4.79 Å². The fourth-order valence-electron chi connectivity index (χ4n) is 2.70. The molecule has 0 aromatic rings. The van der Waals surface area contributed by atoms with Crippen molar-refractivity contribution in [3.63, 3.8) is 0 Å². The number of carbonyl (C=O) groups excluding carboxylic acids is 1. The van der Waals surface area contributed by atoms with Crippen LogP contribution in [0.15, 0.2) is 0 Å². The van der Waals surface area contributed by atoms with Gasteiger partial charge in [0.05, 0.1) is 0 Å². The average molecular weight is 224 g/mol. The monoisotopic (exact) mass is 224 g/mol. The van der Waals surface area contributed by atoms with Crippen LogP contribution < -0.4 is 5.32 Å². The maximum atomic E-state index is 12.1. The first-order valence-electron chi connectivity index (χ1n) is 6.46. The van der Waals surface area contributed by atoms with Gasteiger partial charge in [-0.05, 0) is 43.7 Å². The smallest absolute Gasteiger partial charge is 0.225 e. The first-order valence-corrected chi connectivity index (χ1v) is 6.46. The summed E-state index contributed by atoms with van der Waals surface area (Å²) in [6, 6.07) is 0. The SMILES string of the molecule is CN(CC1CCNCC1)C(=O)C1CC1(C)C. The first kappa shape index (κ1) is 11.9. The van der Waals surface area contributed by atoms with Gasteiger partial charge < -0.3 is 10.2 Å². The Kier molecular flexibility index (Phi) is 3.24. The molecule has 1 atom stereocenters. The van der Waals surface area contributed by atoms with Crippen molar-refractivity contribution in [1.82, 2.24) is 10.2 Å². The lowest BCUT2D eigenvalue weighted by Crippen LogP contribution is -2.38. The van der Waals surface area contributed by atoms with Crippen LogP contribution in [0.4, 0.5) is 0 Å². The molecule has 92 valence electrons. The fraction of sp³-hybridized carbons (Fsp3) is 0.923. The van der Waals surface area contributed by atoms with E-state index in [1.165, 1.54) is 12.8 Å². The highest BCUT2D eigenvalue weighted by molar-refractivity contribution is 5.82. The molecule has 3 nitrogen and oxygen atoms in total. The van der Waals surface area contributed by atoms with E-state index in [0.717, 1.165) is 26.1 Å². The molecular formula is C13H24N2O. The number of nitrogens with one attached hydrogen (secondary N) is 1. The molecule has 3 heteroatoms. The molecule has 1 heterocycles. The molecule has 0 aromatic heterocycles. The molecule has 0 radical (unpaired) electrons. The number of amides is 1. The molecule has 16 heavy (non-hydrogen) atoms. The Bertz CT molecular complexity index is 269. The van der Waals surface area contributed by atoms with Crippen LogP contribution in [-0.2, 0) is 4.79 Å². The Labute approximate surface area is 98.6 Å². The summed E-state index contributed by atoms with van der Waals surface area (Å²) in [5, 5.41) is 3.36. The van der Waals surface area contributed by atoms with Gasteiger partial charge in [-0.25, -0.2) is 0 Å². The van der Waals surface area contributed by atoms with Crippen molar-refractivity contribution >= 4 is 5.91 Å². The third-order valence-corrected chi connectivity index (χ3v) is 4.18. The van der Waals surface area contributed by atoms with Crippen LogP contribution in [0.25, 0.3) is 0 Å². The van der Waals surface area contributed by atoms with E-state index >= 15 is 0 Å². The van der Waals surface area contributed by atoms with Gasteiger partial charge in [-0.1, -0.05) is 13.8 Å². The Morgan fingerprint density at radius 1 is 1.38 bits per heavy atom. The molecule has 0 spiro atoms. The lowest BCUT2D eigenvalue weighted by atomic mass is 9.97. The maximum absolute atomic E-state index is 12.1. The van der Waals surface area contributed by atoms with E-state index in [0.29, 0.717) is 17.7 Å². The second kappa shape index (κ2) is 4.36. The van der Waals surface area contributed by atoms with Crippen molar-refractivity contribution in [3.05, 3.63) is 0 Å². The van der Waals surface area contributed by atoms with E-state index in [2.05, 4.69) is 19.2 Å². The van der Waals surface area contributed by atoms with Crippen LogP contribution in [-0.4, -0.2) is 37.5 Å². The molecule has 2 aliphatic rings. The second-order valence-corrected chi connectivity index (χ2v) is 6.16. The van der Waals surface area contributed by atoms with Gasteiger partial charge in [0.25, 0.3) is 0 Å². The van der Waals surface area contributed by atoms with E-state index in [-0.39, 0.29) is 5.41 Å². The molecule has 1 aliphatic carbocycles. The molecule has 1 unspecified atom stereocenters. The van der Waals surface area contributed by atoms with Crippen molar-refractivity contribution in [1.29, 1.82) is 0 Å². The maximum Gasteiger partial charge on any atom is 0.225 e. The molecule has 2 rings (SSSR count). The van der Waals surface area contributed by atoms with Gasteiger partial charge in [-0.15, -0.1) is 0 Å². The number of rotatable bonds is 3. The topological polar surface area (TPSA) is 32.3 Å². The minimum absolute atomic E-state index is 0.263. The van der Waals surface area contributed by atoms with Crippen molar-refractivity contribution in [2.45, 2.75) is 33.1 Å². The largest absolute Gasteiger partial charge is 0.345 e. The highest BCUT2D eigenvalue weighted by Crippen LogP contribution is 2.52. The number of nitrogens with zero attached hydrogens (tertiary/aromatic N) is 1. The third-order valence-electron chi connectivity index (χ3n) is 4.18. The van der Waals surface area contributed by atoms with Gasteiger partial charge in [0, 0.05) is 19.5 Å². The zero-order valence-electron chi connectivity index (χ0n) is 10.8. The number of hydrogen-bond acceptors (Lipinski definition) is 2. The predicted octanol–water partition coefficient (Wildman–Crippen LogP) is 1.49. The van der Waals surface area contributed by atoms with Crippen LogP contribution in [0.3, 0.4) is 0 Å². The first-order chi connectivity index (χ1) is 7.50. The highest BCUT2D eigenvalue weighted by atomic mass is 16.2. The summed E-state index contributed by atoms with van der Waals surface area (Å²) in [7, 11) is 1.97. The molecular weight excluding hydrogens is 200 g/mol. The van der Waals surface area contributed by atoms with Crippen LogP contribution in [0.2, 0.25) is 0 Å². The van der Waals surface area contributed by atoms with Crippen LogP contribution >= 0.6 is 0 Å². The zero-order chi connectivity index (χ0) is 11.8. The summed E-state index contributed by atoms with van der Waals surface area (Å²) >= 11 is 0. The summed E-state index contributed by atoms with van der Waals surface area (Å²) in [5.41, 5.74) is 0.263. The minimum Gasteiger partial charge on any atom is -0.345 e. The number of hydrogen-bond donors (Lipinski definition) is 1. The van der Waals surface area contributed by atoms with E-state index in [1.807, 2.05) is 11.9 Å². The summed E-state index contributed by atoms with van der Waals surface area (Å²) in [4.78, 5) is 14.1.